The number of rotatable bonds is 4. The number of nitrogens with one attached hydrogen (secondary N) is 1. The second-order valence-corrected chi connectivity index (χ2v) is 6.00. The summed E-state index contributed by atoms with van der Waals surface area (Å²) in [7, 11) is 1.50. The normalized spacial score (nSPS) is 11.5. The van der Waals surface area contributed by atoms with Gasteiger partial charge in [0.25, 0.3) is 0 Å². The lowest BCUT2D eigenvalue weighted by Crippen LogP contribution is -2.42. The van der Waals surface area contributed by atoms with Crippen LogP contribution in [0.15, 0.2) is 30.3 Å². The number of benzene rings is 1. The van der Waals surface area contributed by atoms with Crippen molar-refractivity contribution in [2.75, 3.05) is 12.4 Å². The standard InChI is InChI=1S/C18H21N5O2/c1-12-5-7-15(8-6-12)23-14(3)11-16(21-23)20-17(24)18(25)22(4)13(2)9-10-19/h5-8,11,13H,9H2,1-4H3,(H,20,21,24)/t13-/m0/s1. The number of hydrogen-bond acceptors (Lipinski definition) is 4. The van der Waals surface area contributed by atoms with Crippen LogP contribution < -0.4 is 5.32 Å². The Morgan fingerprint density at radius 2 is 1.96 bits per heavy atom. The minimum Gasteiger partial charge on any atom is -0.334 e. The molecule has 0 radical (unpaired) electrons. The quantitative estimate of drug-likeness (QED) is 0.864. The molecule has 2 amide bonds. The van der Waals surface area contributed by atoms with Crippen molar-refractivity contribution < 1.29 is 9.59 Å². The molecular weight excluding hydrogens is 318 g/mol. The number of aryl methyl sites for hydroxylation is 2. The molecule has 7 heteroatoms. The molecular formula is C18H21N5O2. The summed E-state index contributed by atoms with van der Waals surface area (Å²) < 4.78 is 1.70. The molecule has 0 aliphatic rings. The summed E-state index contributed by atoms with van der Waals surface area (Å²) in [6, 6.07) is 11.2. The van der Waals surface area contributed by atoms with E-state index in [1.54, 1.807) is 17.7 Å². The second-order valence-electron chi connectivity index (χ2n) is 6.00. The van der Waals surface area contributed by atoms with Crippen LogP contribution in [0.1, 0.15) is 24.6 Å². The Hall–Kier alpha value is -3.14. The van der Waals surface area contributed by atoms with Crippen molar-refractivity contribution in [3.8, 4) is 11.8 Å². The molecule has 25 heavy (non-hydrogen) atoms. The molecule has 7 nitrogen and oxygen atoms in total. The van der Waals surface area contributed by atoms with E-state index >= 15 is 0 Å². The average Bonchev–Trinajstić information content (AvgIpc) is 2.94. The van der Waals surface area contributed by atoms with Gasteiger partial charge in [-0.25, -0.2) is 4.68 Å². The van der Waals surface area contributed by atoms with Crippen LogP contribution in [0.25, 0.3) is 5.69 Å². The molecule has 0 aliphatic carbocycles. The van der Waals surface area contributed by atoms with Gasteiger partial charge in [-0.3, -0.25) is 9.59 Å². The Bertz CT molecular complexity index is 817. The fourth-order valence-electron chi connectivity index (χ4n) is 2.28. The summed E-state index contributed by atoms with van der Waals surface area (Å²) in [5.41, 5.74) is 2.84. The number of aromatic nitrogens is 2. The number of amides is 2. The molecule has 0 aliphatic heterocycles. The van der Waals surface area contributed by atoms with E-state index in [0.29, 0.717) is 5.82 Å². The molecule has 1 aromatic heterocycles. The SMILES string of the molecule is Cc1ccc(-n2nc(NC(=O)C(=O)N(C)[C@@H](C)CC#N)cc2C)cc1. The van der Waals surface area contributed by atoms with Crippen LogP contribution in [0.4, 0.5) is 5.82 Å². The third kappa shape index (κ3) is 4.23. The zero-order valence-electron chi connectivity index (χ0n) is 14.8. The molecule has 1 heterocycles. The van der Waals surface area contributed by atoms with Crippen LogP contribution in [0.5, 0.6) is 0 Å². The van der Waals surface area contributed by atoms with Crippen molar-refractivity contribution in [3.63, 3.8) is 0 Å². The predicted molar refractivity (Wildman–Crippen MR) is 94.1 cm³/mol. The fraction of sp³-hybridized carbons (Fsp3) is 0.333. The van der Waals surface area contributed by atoms with Crippen LogP contribution in [-0.2, 0) is 9.59 Å². The Kier molecular flexibility index (Phi) is 5.55. The summed E-state index contributed by atoms with van der Waals surface area (Å²) in [6.45, 7) is 5.58. The third-order valence-electron chi connectivity index (χ3n) is 3.97. The predicted octanol–water partition coefficient (Wildman–Crippen LogP) is 2.19. The van der Waals surface area contributed by atoms with Crippen molar-refractivity contribution in [1.82, 2.24) is 14.7 Å². The van der Waals surface area contributed by atoms with Crippen molar-refractivity contribution in [2.45, 2.75) is 33.2 Å². The molecule has 1 atom stereocenters. The Labute approximate surface area is 146 Å². The maximum absolute atomic E-state index is 12.1. The molecule has 2 aromatic rings. The van der Waals surface area contributed by atoms with Crippen molar-refractivity contribution in [1.29, 1.82) is 5.26 Å². The van der Waals surface area contributed by atoms with Crippen LogP contribution in [0, 0.1) is 25.2 Å². The summed E-state index contributed by atoms with van der Waals surface area (Å²) in [5, 5.41) is 15.5. The molecule has 1 N–H and O–H groups in total. The maximum atomic E-state index is 12.1. The molecule has 0 unspecified atom stereocenters. The van der Waals surface area contributed by atoms with Crippen molar-refractivity contribution >= 4 is 17.6 Å². The van der Waals surface area contributed by atoms with Crippen LogP contribution in [0.2, 0.25) is 0 Å². The molecule has 130 valence electrons. The first kappa shape index (κ1) is 18.2. The number of likely N-dealkylation sites (N-methyl/N-ethyl adjacent to an activating group) is 1. The van der Waals surface area contributed by atoms with E-state index in [2.05, 4.69) is 10.4 Å². The minimum absolute atomic E-state index is 0.163. The first-order chi connectivity index (χ1) is 11.8. The maximum Gasteiger partial charge on any atom is 0.315 e. The number of anilines is 1. The molecule has 0 spiro atoms. The minimum atomic E-state index is -0.777. The van der Waals surface area contributed by atoms with Gasteiger partial charge in [0.05, 0.1) is 18.2 Å². The van der Waals surface area contributed by atoms with E-state index in [4.69, 9.17) is 5.26 Å². The molecule has 0 saturated carbocycles. The fourth-order valence-corrected chi connectivity index (χ4v) is 2.28. The monoisotopic (exact) mass is 339 g/mol. The summed E-state index contributed by atoms with van der Waals surface area (Å²) in [5.74, 6) is -1.18. The van der Waals surface area contributed by atoms with Crippen molar-refractivity contribution in [2.24, 2.45) is 0 Å². The Morgan fingerprint density at radius 1 is 1.32 bits per heavy atom. The highest BCUT2D eigenvalue weighted by Crippen LogP contribution is 2.16. The first-order valence-electron chi connectivity index (χ1n) is 7.92. The van der Waals surface area contributed by atoms with Gasteiger partial charge in [0.2, 0.25) is 0 Å². The van der Waals surface area contributed by atoms with E-state index in [1.165, 1.54) is 11.9 Å². The lowest BCUT2D eigenvalue weighted by Gasteiger charge is -2.21. The van der Waals surface area contributed by atoms with E-state index in [9.17, 15) is 9.59 Å². The van der Waals surface area contributed by atoms with Gasteiger partial charge in [0, 0.05) is 24.8 Å². The van der Waals surface area contributed by atoms with E-state index in [0.717, 1.165) is 16.9 Å². The average molecular weight is 339 g/mol. The third-order valence-corrected chi connectivity index (χ3v) is 3.97. The molecule has 0 saturated heterocycles. The number of hydrogen-bond donors (Lipinski definition) is 1. The van der Waals surface area contributed by atoms with Crippen LogP contribution >= 0.6 is 0 Å². The summed E-state index contributed by atoms with van der Waals surface area (Å²) in [6.07, 6.45) is 0.163. The van der Waals surface area contributed by atoms with E-state index < -0.39 is 11.8 Å². The first-order valence-corrected chi connectivity index (χ1v) is 7.92. The van der Waals surface area contributed by atoms with Gasteiger partial charge in [0.15, 0.2) is 5.82 Å². The van der Waals surface area contributed by atoms with Gasteiger partial charge in [-0.05, 0) is 32.9 Å². The van der Waals surface area contributed by atoms with Gasteiger partial charge in [0.1, 0.15) is 0 Å². The number of nitriles is 1. The highest BCUT2D eigenvalue weighted by molar-refractivity contribution is 6.39. The summed E-state index contributed by atoms with van der Waals surface area (Å²) in [4.78, 5) is 25.5. The second kappa shape index (κ2) is 7.62. The van der Waals surface area contributed by atoms with Gasteiger partial charge in [-0.2, -0.15) is 5.26 Å². The Balaban J connectivity index is 2.12. The van der Waals surface area contributed by atoms with Crippen LogP contribution in [0.3, 0.4) is 0 Å². The lowest BCUT2D eigenvalue weighted by molar-refractivity contribution is -0.143. The molecule has 1 aromatic carbocycles. The highest BCUT2D eigenvalue weighted by Gasteiger charge is 2.23. The number of carbonyl (C=O) groups excluding carboxylic acids is 2. The van der Waals surface area contributed by atoms with Gasteiger partial charge < -0.3 is 10.2 Å². The van der Waals surface area contributed by atoms with Gasteiger partial charge >= 0.3 is 11.8 Å². The zero-order valence-corrected chi connectivity index (χ0v) is 14.8. The number of nitrogens with zero attached hydrogens (tertiary/aromatic N) is 4. The highest BCUT2D eigenvalue weighted by atomic mass is 16.2. The van der Waals surface area contributed by atoms with Gasteiger partial charge in [-0.1, -0.05) is 17.7 Å². The zero-order chi connectivity index (χ0) is 18.6. The van der Waals surface area contributed by atoms with Crippen LogP contribution in [-0.4, -0.2) is 39.6 Å². The van der Waals surface area contributed by atoms with Crippen molar-refractivity contribution in [3.05, 3.63) is 41.6 Å². The Morgan fingerprint density at radius 3 is 2.56 bits per heavy atom. The topological polar surface area (TPSA) is 91.0 Å². The summed E-state index contributed by atoms with van der Waals surface area (Å²) >= 11 is 0. The molecule has 2 rings (SSSR count). The number of carbonyl (C=O) groups is 2. The largest absolute Gasteiger partial charge is 0.334 e. The molecule has 0 fully saturated rings. The van der Waals surface area contributed by atoms with Gasteiger partial charge in [-0.15, -0.1) is 5.10 Å². The lowest BCUT2D eigenvalue weighted by atomic mass is 10.2. The smallest absolute Gasteiger partial charge is 0.315 e. The van der Waals surface area contributed by atoms with E-state index in [-0.39, 0.29) is 12.5 Å². The van der Waals surface area contributed by atoms with E-state index in [1.807, 2.05) is 44.2 Å². The molecule has 0 bridgehead atoms.